The Kier molecular flexibility index (Phi) is 7.57. The minimum atomic E-state index is -0.414. The summed E-state index contributed by atoms with van der Waals surface area (Å²) in [6, 6.07) is 11.7. The Hall–Kier alpha value is -4.05. The molecule has 1 amide bonds. The van der Waals surface area contributed by atoms with Crippen molar-refractivity contribution in [3.05, 3.63) is 58.5 Å². The highest BCUT2D eigenvalue weighted by atomic mass is 32.1. The standard InChI is InChI=1S/C30H33FN8O2S/c1-4-23-29(35(3)30-34-28(25(14-32)42-30)20-7-5-19(2)6-8-20)39-17-24(22(31)13-26(39)33-23)37-11-9-36(10-12-37)18-27(41)38-15-21(40)16-38/h5-8,13,17,21,40H,4,9-12,15-16,18H2,1-3H3. The number of piperazine rings is 1. The lowest BCUT2D eigenvalue weighted by molar-refractivity contribution is -0.142. The fourth-order valence-corrected chi connectivity index (χ4v) is 6.39. The second-order valence-electron chi connectivity index (χ2n) is 10.9. The van der Waals surface area contributed by atoms with Crippen LogP contribution in [0.1, 0.15) is 23.1 Å². The molecule has 0 bridgehead atoms. The maximum atomic E-state index is 15.4. The van der Waals surface area contributed by atoms with Crippen LogP contribution in [0.3, 0.4) is 0 Å². The van der Waals surface area contributed by atoms with Gasteiger partial charge in [0.15, 0.2) is 10.9 Å². The van der Waals surface area contributed by atoms with Gasteiger partial charge in [-0.05, 0) is 13.3 Å². The number of aryl methyl sites for hydroxylation is 2. The number of aliphatic hydroxyl groups excluding tert-OH is 1. The monoisotopic (exact) mass is 588 g/mol. The summed E-state index contributed by atoms with van der Waals surface area (Å²) in [7, 11) is 1.90. The van der Waals surface area contributed by atoms with Crippen LogP contribution in [0.2, 0.25) is 0 Å². The van der Waals surface area contributed by atoms with Crippen molar-refractivity contribution in [3.63, 3.8) is 0 Å². The van der Waals surface area contributed by atoms with Crippen molar-refractivity contribution >= 4 is 39.5 Å². The first-order chi connectivity index (χ1) is 20.2. The molecule has 12 heteroatoms. The van der Waals surface area contributed by atoms with E-state index in [1.54, 1.807) is 11.1 Å². The number of carbonyl (C=O) groups is 1. The van der Waals surface area contributed by atoms with Crippen LogP contribution in [-0.2, 0) is 11.2 Å². The molecule has 2 saturated heterocycles. The van der Waals surface area contributed by atoms with Crippen LogP contribution in [-0.4, -0.2) is 94.1 Å². The summed E-state index contributed by atoms with van der Waals surface area (Å²) >= 11 is 1.32. The van der Waals surface area contributed by atoms with E-state index in [0.29, 0.717) is 79.3 Å². The number of thiazole rings is 1. The number of pyridine rings is 1. The largest absolute Gasteiger partial charge is 0.389 e. The third-order valence-electron chi connectivity index (χ3n) is 8.00. The molecule has 1 N–H and O–H groups in total. The number of aromatic nitrogens is 3. The summed E-state index contributed by atoms with van der Waals surface area (Å²) in [6.45, 7) is 7.57. The van der Waals surface area contributed by atoms with E-state index in [9.17, 15) is 15.2 Å². The highest BCUT2D eigenvalue weighted by molar-refractivity contribution is 7.16. The normalized spacial score (nSPS) is 16.1. The molecule has 4 aromatic rings. The molecule has 3 aromatic heterocycles. The van der Waals surface area contributed by atoms with Gasteiger partial charge in [0.25, 0.3) is 0 Å². The molecule has 6 rings (SSSR count). The van der Waals surface area contributed by atoms with E-state index in [-0.39, 0.29) is 11.7 Å². The topological polar surface area (TPSA) is 104 Å². The summed E-state index contributed by atoms with van der Waals surface area (Å²) < 4.78 is 17.3. The Labute approximate surface area is 247 Å². The lowest BCUT2D eigenvalue weighted by Gasteiger charge is -2.39. The molecule has 2 aliphatic heterocycles. The lowest BCUT2D eigenvalue weighted by Crippen LogP contribution is -2.57. The van der Waals surface area contributed by atoms with Gasteiger partial charge in [0.1, 0.15) is 28.1 Å². The van der Waals surface area contributed by atoms with Gasteiger partial charge in [0.2, 0.25) is 5.91 Å². The van der Waals surface area contributed by atoms with Gasteiger partial charge in [-0.2, -0.15) is 5.26 Å². The van der Waals surface area contributed by atoms with Crippen molar-refractivity contribution in [1.82, 2.24) is 24.2 Å². The number of anilines is 3. The number of hydrogen-bond donors (Lipinski definition) is 1. The van der Waals surface area contributed by atoms with Crippen molar-refractivity contribution in [2.45, 2.75) is 26.4 Å². The van der Waals surface area contributed by atoms with Crippen LogP contribution >= 0.6 is 11.3 Å². The van der Waals surface area contributed by atoms with Crippen molar-refractivity contribution in [2.24, 2.45) is 0 Å². The van der Waals surface area contributed by atoms with Crippen molar-refractivity contribution in [1.29, 1.82) is 5.26 Å². The van der Waals surface area contributed by atoms with E-state index < -0.39 is 6.10 Å². The molecular formula is C30H33FN8O2S. The number of rotatable bonds is 7. The van der Waals surface area contributed by atoms with Gasteiger partial charge in [-0.15, -0.1) is 0 Å². The molecule has 2 aliphatic rings. The average molecular weight is 589 g/mol. The van der Waals surface area contributed by atoms with Crippen molar-refractivity contribution in [2.75, 3.05) is 62.7 Å². The van der Waals surface area contributed by atoms with Crippen LogP contribution in [0, 0.1) is 24.1 Å². The van der Waals surface area contributed by atoms with E-state index in [1.165, 1.54) is 17.4 Å². The first kappa shape index (κ1) is 28.1. The molecule has 0 saturated carbocycles. The van der Waals surface area contributed by atoms with Crippen LogP contribution in [0.5, 0.6) is 0 Å². The number of β-amino-alcohol motifs (C(OH)–C–C–N with tert-alkyl or cyclic N) is 1. The molecule has 1 aromatic carbocycles. The van der Waals surface area contributed by atoms with Crippen LogP contribution in [0.15, 0.2) is 36.5 Å². The number of likely N-dealkylation sites (tertiary alicyclic amines) is 1. The summed E-state index contributed by atoms with van der Waals surface area (Å²) in [5, 5.41) is 20.0. The summed E-state index contributed by atoms with van der Waals surface area (Å²) in [6.07, 6.45) is 2.02. The van der Waals surface area contributed by atoms with Gasteiger partial charge in [-0.25, -0.2) is 14.4 Å². The Morgan fingerprint density at radius 1 is 1.19 bits per heavy atom. The zero-order valence-electron chi connectivity index (χ0n) is 23.9. The highest BCUT2D eigenvalue weighted by Gasteiger charge is 2.31. The first-order valence-electron chi connectivity index (χ1n) is 14.1. The minimum absolute atomic E-state index is 0.0202. The molecule has 42 heavy (non-hydrogen) atoms. The van der Waals surface area contributed by atoms with Crippen LogP contribution in [0.25, 0.3) is 16.9 Å². The predicted octanol–water partition coefficient (Wildman–Crippen LogP) is 3.43. The second kappa shape index (κ2) is 11.3. The Morgan fingerprint density at radius 2 is 1.90 bits per heavy atom. The molecule has 10 nitrogen and oxygen atoms in total. The van der Waals surface area contributed by atoms with E-state index in [4.69, 9.17) is 9.97 Å². The van der Waals surface area contributed by atoms with Gasteiger partial charge in [-0.1, -0.05) is 48.1 Å². The van der Waals surface area contributed by atoms with E-state index >= 15 is 4.39 Å². The molecular weight excluding hydrogens is 555 g/mol. The summed E-state index contributed by atoms with van der Waals surface area (Å²) in [5.74, 6) is 0.460. The van der Waals surface area contributed by atoms with Gasteiger partial charge in [0, 0.05) is 64.1 Å². The maximum absolute atomic E-state index is 15.4. The zero-order valence-corrected chi connectivity index (χ0v) is 24.7. The molecule has 218 valence electrons. The third kappa shape index (κ3) is 5.19. The Balaban J connectivity index is 1.26. The van der Waals surface area contributed by atoms with E-state index in [2.05, 4.69) is 11.0 Å². The summed E-state index contributed by atoms with van der Waals surface area (Å²) in [5.41, 5.74) is 4.45. The number of nitrogens with zero attached hydrogens (tertiary/aromatic N) is 8. The van der Waals surface area contributed by atoms with E-state index in [0.717, 1.165) is 22.6 Å². The lowest BCUT2D eigenvalue weighted by atomic mass is 10.1. The van der Waals surface area contributed by atoms with Crippen molar-refractivity contribution < 1.29 is 14.3 Å². The fraction of sp³-hybridized carbons (Fsp3) is 0.400. The molecule has 0 radical (unpaired) electrons. The molecule has 0 spiro atoms. The second-order valence-corrected chi connectivity index (χ2v) is 11.9. The number of nitriles is 1. The molecule has 0 atom stereocenters. The molecule has 2 fully saturated rings. The first-order valence-corrected chi connectivity index (χ1v) is 14.9. The van der Waals surface area contributed by atoms with Crippen molar-refractivity contribution in [3.8, 4) is 17.3 Å². The number of hydrogen-bond acceptors (Lipinski definition) is 9. The maximum Gasteiger partial charge on any atom is 0.236 e. The third-order valence-corrected chi connectivity index (χ3v) is 9.04. The SMILES string of the molecule is CCc1nc2cc(F)c(N3CCN(CC(=O)N4CC(O)C4)CC3)cn2c1N(C)c1nc(-c2ccc(C)cc2)c(C#N)s1. The zero-order chi connectivity index (χ0) is 29.5. The Morgan fingerprint density at radius 3 is 2.55 bits per heavy atom. The number of fused-ring (bicyclic) bond motifs is 1. The smallest absolute Gasteiger partial charge is 0.236 e. The number of aliphatic hydroxyl groups is 1. The predicted molar refractivity (Wildman–Crippen MR) is 161 cm³/mol. The van der Waals surface area contributed by atoms with Crippen LogP contribution < -0.4 is 9.80 Å². The number of carbonyl (C=O) groups excluding carboxylic acids is 1. The molecule has 0 unspecified atom stereocenters. The quantitative estimate of drug-likeness (QED) is 0.350. The number of benzene rings is 1. The molecule has 5 heterocycles. The molecule has 0 aliphatic carbocycles. The number of imidazole rings is 1. The minimum Gasteiger partial charge on any atom is -0.389 e. The van der Waals surface area contributed by atoms with Gasteiger partial charge < -0.3 is 19.8 Å². The van der Waals surface area contributed by atoms with Gasteiger partial charge >= 0.3 is 0 Å². The van der Waals surface area contributed by atoms with Gasteiger partial charge in [0.05, 0.1) is 24.0 Å². The average Bonchev–Trinajstić information content (AvgIpc) is 3.57. The van der Waals surface area contributed by atoms with E-state index in [1.807, 2.05) is 59.4 Å². The Bertz CT molecular complexity index is 1660. The van der Waals surface area contributed by atoms with Gasteiger partial charge in [-0.3, -0.25) is 14.1 Å². The highest BCUT2D eigenvalue weighted by Crippen LogP contribution is 2.37. The fourth-order valence-electron chi connectivity index (χ4n) is 5.54. The van der Waals surface area contributed by atoms with Crippen LogP contribution in [0.4, 0.5) is 21.0 Å². The number of halogens is 1. The summed E-state index contributed by atoms with van der Waals surface area (Å²) in [4.78, 5) is 30.2. The number of amides is 1.